The largest absolute Gasteiger partial charge is 0.243 e. The van der Waals surface area contributed by atoms with Gasteiger partial charge in [0.05, 0.1) is 0 Å². The second-order valence-electron chi connectivity index (χ2n) is 5.75. The molecule has 1 fully saturated rings. The Morgan fingerprint density at radius 1 is 1.30 bits per heavy atom. The fourth-order valence-electron chi connectivity index (χ4n) is 2.96. The standard InChI is InChI=1S/C15H22FNO2S/c1-12-5-4-6-13(11-12)9-10-17-20(18,19)15-8-3-2-7-14(15)16/h2-3,7-8,12-13,17H,4-6,9-11H2,1H3. The predicted molar refractivity (Wildman–Crippen MR) is 77.3 cm³/mol. The third-order valence-electron chi connectivity index (χ3n) is 4.02. The molecule has 0 spiro atoms. The molecule has 5 heteroatoms. The van der Waals surface area contributed by atoms with E-state index in [-0.39, 0.29) is 4.90 Å². The Labute approximate surface area is 120 Å². The fourth-order valence-corrected chi connectivity index (χ4v) is 4.08. The van der Waals surface area contributed by atoms with Gasteiger partial charge in [-0.2, -0.15) is 0 Å². The third-order valence-corrected chi connectivity index (χ3v) is 5.51. The maximum Gasteiger partial charge on any atom is 0.243 e. The molecule has 0 bridgehead atoms. The molecule has 0 saturated heterocycles. The normalized spacial score (nSPS) is 23.7. The van der Waals surface area contributed by atoms with Crippen LogP contribution < -0.4 is 4.72 Å². The Bertz CT molecular complexity index is 545. The highest BCUT2D eigenvalue weighted by Crippen LogP contribution is 2.30. The molecule has 1 N–H and O–H groups in total. The summed E-state index contributed by atoms with van der Waals surface area (Å²) in [6, 6.07) is 5.47. The quantitative estimate of drug-likeness (QED) is 0.906. The summed E-state index contributed by atoms with van der Waals surface area (Å²) in [5.41, 5.74) is 0. The number of halogens is 1. The van der Waals surface area contributed by atoms with Crippen molar-refractivity contribution in [2.75, 3.05) is 6.54 Å². The number of hydrogen-bond donors (Lipinski definition) is 1. The van der Waals surface area contributed by atoms with Gasteiger partial charge in [-0.15, -0.1) is 0 Å². The van der Waals surface area contributed by atoms with Gasteiger partial charge in [-0.3, -0.25) is 0 Å². The molecular formula is C15H22FNO2S. The zero-order valence-electron chi connectivity index (χ0n) is 11.8. The van der Waals surface area contributed by atoms with E-state index in [4.69, 9.17) is 0 Å². The van der Waals surface area contributed by atoms with Crippen molar-refractivity contribution >= 4 is 10.0 Å². The van der Waals surface area contributed by atoms with Gasteiger partial charge in [0, 0.05) is 6.54 Å². The molecule has 2 rings (SSSR count). The Kier molecular flexibility index (Phi) is 5.16. The Hall–Kier alpha value is -0.940. The van der Waals surface area contributed by atoms with Gasteiger partial charge in [-0.25, -0.2) is 17.5 Å². The van der Waals surface area contributed by atoms with E-state index in [1.165, 1.54) is 43.9 Å². The van der Waals surface area contributed by atoms with Crippen LogP contribution in [0.3, 0.4) is 0 Å². The lowest BCUT2D eigenvalue weighted by atomic mass is 9.81. The number of benzene rings is 1. The lowest BCUT2D eigenvalue weighted by Crippen LogP contribution is -2.28. The van der Waals surface area contributed by atoms with Crippen molar-refractivity contribution in [1.29, 1.82) is 0 Å². The highest BCUT2D eigenvalue weighted by atomic mass is 32.2. The van der Waals surface area contributed by atoms with Gasteiger partial charge in [-0.1, -0.05) is 38.3 Å². The Balaban J connectivity index is 1.88. The molecule has 0 aromatic heterocycles. The highest BCUT2D eigenvalue weighted by Gasteiger charge is 2.21. The molecule has 1 saturated carbocycles. The van der Waals surface area contributed by atoms with Crippen molar-refractivity contribution in [3.05, 3.63) is 30.1 Å². The van der Waals surface area contributed by atoms with E-state index in [0.717, 1.165) is 18.4 Å². The first kappa shape index (κ1) is 15.4. The van der Waals surface area contributed by atoms with E-state index in [2.05, 4.69) is 11.6 Å². The maximum absolute atomic E-state index is 13.5. The summed E-state index contributed by atoms with van der Waals surface area (Å²) in [5, 5.41) is 0. The van der Waals surface area contributed by atoms with Gasteiger partial charge in [0.15, 0.2) is 0 Å². The minimum absolute atomic E-state index is 0.267. The molecule has 0 amide bonds. The van der Waals surface area contributed by atoms with E-state index in [1.54, 1.807) is 0 Å². The van der Waals surface area contributed by atoms with E-state index in [0.29, 0.717) is 12.5 Å². The fraction of sp³-hybridized carbons (Fsp3) is 0.600. The van der Waals surface area contributed by atoms with Gasteiger partial charge in [0.25, 0.3) is 0 Å². The first-order chi connectivity index (χ1) is 9.49. The summed E-state index contributed by atoms with van der Waals surface area (Å²) in [5.74, 6) is 0.616. The molecule has 0 aliphatic heterocycles. The zero-order chi connectivity index (χ0) is 14.6. The van der Waals surface area contributed by atoms with Crippen LogP contribution in [0, 0.1) is 17.7 Å². The molecule has 1 aromatic rings. The Morgan fingerprint density at radius 3 is 2.75 bits per heavy atom. The SMILES string of the molecule is CC1CCCC(CCNS(=O)(=O)c2ccccc2F)C1. The molecule has 1 aliphatic rings. The molecular weight excluding hydrogens is 277 g/mol. The van der Waals surface area contributed by atoms with Crippen LogP contribution in [0.2, 0.25) is 0 Å². The lowest BCUT2D eigenvalue weighted by molar-refractivity contribution is 0.271. The molecule has 0 heterocycles. The maximum atomic E-state index is 13.5. The topological polar surface area (TPSA) is 46.2 Å². The van der Waals surface area contributed by atoms with Gasteiger partial charge in [0.1, 0.15) is 10.7 Å². The number of hydrogen-bond acceptors (Lipinski definition) is 2. The van der Waals surface area contributed by atoms with Crippen molar-refractivity contribution in [2.24, 2.45) is 11.8 Å². The summed E-state index contributed by atoms with van der Waals surface area (Å²) in [7, 11) is -3.73. The van der Waals surface area contributed by atoms with E-state index in [1.807, 2.05) is 0 Å². The predicted octanol–water partition coefficient (Wildman–Crippen LogP) is 3.32. The average Bonchev–Trinajstić information content (AvgIpc) is 2.39. The van der Waals surface area contributed by atoms with E-state index < -0.39 is 15.8 Å². The van der Waals surface area contributed by atoms with Crippen molar-refractivity contribution in [2.45, 2.75) is 43.9 Å². The average molecular weight is 299 g/mol. The van der Waals surface area contributed by atoms with Gasteiger partial charge >= 0.3 is 0 Å². The first-order valence-electron chi connectivity index (χ1n) is 7.23. The summed E-state index contributed by atoms with van der Waals surface area (Å²) in [6.07, 6.45) is 5.68. The van der Waals surface area contributed by atoms with Crippen molar-refractivity contribution in [3.63, 3.8) is 0 Å². The van der Waals surface area contributed by atoms with Crippen LogP contribution in [0.5, 0.6) is 0 Å². The zero-order valence-corrected chi connectivity index (χ0v) is 12.6. The van der Waals surface area contributed by atoms with Crippen molar-refractivity contribution in [1.82, 2.24) is 4.72 Å². The monoisotopic (exact) mass is 299 g/mol. The molecule has 0 radical (unpaired) electrons. The Morgan fingerprint density at radius 2 is 2.05 bits per heavy atom. The van der Waals surface area contributed by atoms with Crippen LogP contribution in [-0.2, 0) is 10.0 Å². The smallest absolute Gasteiger partial charge is 0.211 e. The first-order valence-corrected chi connectivity index (χ1v) is 8.71. The highest BCUT2D eigenvalue weighted by molar-refractivity contribution is 7.89. The minimum Gasteiger partial charge on any atom is -0.211 e. The van der Waals surface area contributed by atoms with Crippen LogP contribution in [0.25, 0.3) is 0 Å². The van der Waals surface area contributed by atoms with Gasteiger partial charge in [-0.05, 0) is 36.8 Å². The summed E-state index contributed by atoms with van der Waals surface area (Å²) in [4.78, 5) is -0.267. The van der Waals surface area contributed by atoms with E-state index in [9.17, 15) is 12.8 Å². The van der Waals surface area contributed by atoms with Gasteiger partial charge in [0.2, 0.25) is 10.0 Å². The van der Waals surface area contributed by atoms with Crippen molar-refractivity contribution in [3.8, 4) is 0 Å². The second-order valence-corrected chi connectivity index (χ2v) is 7.49. The number of rotatable bonds is 5. The third kappa shape index (κ3) is 4.03. The lowest BCUT2D eigenvalue weighted by Gasteiger charge is -2.26. The molecule has 1 aliphatic carbocycles. The summed E-state index contributed by atoms with van der Waals surface area (Å²) >= 11 is 0. The number of nitrogens with one attached hydrogen (secondary N) is 1. The molecule has 1 aromatic carbocycles. The molecule has 20 heavy (non-hydrogen) atoms. The van der Waals surface area contributed by atoms with E-state index >= 15 is 0 Å². The van der Waals surface area contributed by atoms with Crippen LogP contribution in [-0.4, -0.2) is 15.0 Å². The molecule has 2 atom stereocenters. The van der Waals surface area contributed by atoms with Crippen molar-refractivity contribution < 1.29 is 12.8 Å². The summed E-state index contributed by atoms with van der Waals surface area (Å²) in [6.45, 7) is 2.63. The van der Waals surface area contributed by atoms with Crippen LogP contribution in [0.15, 0.2) is 29.2 Å². The number of sulfonamides is 1. The second kappa shape index (κ2) is 6.68. The van der Waals surface area contributed by atoms with Gasteiger partial charge < -0.3 is 0 Å². The summed E-state index contributed by atoms with van der Waals surface area (Å²) < 4.78 is 40.0. The van der Waals surface area contributed by atoms with Crippen LogP contribution in [0.4, 0.5) is 4.39 Å². The molecule has 2 unspecified atom stereocenters. The minimum atomic E-state index is -3.73. The van der Waals surface area contributed by atoms with Crippen LogP contribution in [0.1, 0.15) is 39.0 Å². The molecule has 3 nitrogen and oxygen atoms in total. The van der Waals surface area contributed by atoms with Crippen LogP contribution >= 0.6 is 0 Å². The molecule has 112 valence electrons.